The number of rotatable bonds is 2. The zero-order valence-corrected chi connectivity index (χ0v) is 14.5. The van der Waals surface area contributed by atoms with Crippen molar-refractivity contribution in [2.45, 2.75) is 26.8 Å². The molecule has 5 nitrogen and oxygen atoms in total. The van der Waals surface area contributed by atoms with Crippen LogP contribution in [-0.4, -0.2) is 40.3 Å². The number of nitrogens with zero attached hydrogens (tertiary/aromatic N) is 5. The number of hydrogen-bond donors (Lipinski definition) is 0. The average Bonchev–Trinajstić information content (AvgIpc) is 3.03. The molecule has 1 atom stereocenters. The van der Waals surface area contributed by atoms with E-state index in [0.717, 1.165) is 36.8 Å². The molecule has 4 rings (SSSR count). The number of benzene rings is 1. The van der Waals surface area contributed by atoms with Crippen LogP contribution in [-0.2, 0) is 0 Å². The van der Waals surface area contributed by atoms with Crippen LogP contribution in [0, 0.1) is 13.8 Å². The molecule has 0 N–H and O–H groups in total. The van der Waals surface area contributed by atoms with Crippen LogP contribution in [0.15, 0.2) is 42.6 Å². The summed E-state index contributed by atoms with van der Waals surface area (Å²) in [6.07, 6.45) is 1.82. The summed E-state index contributed by atoms with van der Waals surface area (Å²) in [5.74, 6) is 1.14. The van der Waals surface area contributed by atoms with Crippen LogP contribution in [0.25, 0.3) is 5.65 Å². The Morgan fingerprint density at radius 2 is 1.83 bits per heavy atom. The van der Waals surface area contributed by atoms with E-state index in [1.54, 1.807) is 0 Å². The molecular formula is C19H23N5. The number of anilines is 2. The first-order valence-corrected chi connectivity index (χ1v) is 8.51. The highest BCUT2D eigenvalue weighted by Crippen LogP contribution is 2.25. The molecule has 0 unspecified atom stereocenters. The van der Waals surface area contributed by atoms with Gasteiger partial charge in [-0.15, -0.1) is 0 Å². The van der Waals surface area contributed by atoms with E-state index in [4.69, 9.17) is 0 Å². The van der Waals surface area contributed by atoms with E-state index in [9.17, 15) is 0 Å². The van der Waals surface area contributed by atoms with Gasteiger partial charge >= 0.3 is 0 Å². The number of piperazine rings is 1. The first kappa shape index (κ1) is 15.0. The maximum atomic E-state index is 4.55. The van der Waals surface area contributed by atoms with Gasteiger partial charge in [-0.25, -0.2) is 4.98 Å². The second-order valence-corrected chi connectivity index (χ2v) is 6.68. The minimum absolute atomic E-state index is 0.411. The predicted octanol–water partition coefficient (Wildman–Crippen LogP) is 3.06. The molecule has 0 spiro atoms. The largest absolute Gasteiger partial charge is 0.368 e. The zero-order chi connectivity index (χ0) is 16.7. The fourth-order valence-electron chi connectivity index (χ4n) is 3.51. The summed E-state index contributed by atoms with van der Waals surface area (Å²) in [5, 5.41) is 4.46. The molecule has 124 valence electrons. The van der Waals surface area contributed by atoms with Crippen LogP contribution in [0.3, 0.4) is 0 Å². The van der Waals surface area contributed by atoms with Crippen molar-refractivity contribution in [2.24, 2.45) is 0 Å². The van der Waals surface area contributed by atoms with Gasteiger partial charge in [0.25, 0.3) is 0 Å². The van der Waals surface area contributed by atoms with Crippen molar-refractivity contribution in [1.29, 1.82) is 0 Å². The van der Waals surface area contributed by atoms with Crippen molar-refractivity contribution < 1.29 is 0 Å². The number of aromatic nitrogens is 3. The summed E-state index contributed by atoms with van der Waals surface area (Å²) >= 11 is 0. The van der Waals surface area contributed by atoms with Gasteiger partial charge in [0.15, 0.2) is 5.65 Å². The van der Waals surface area contributed by atoms with Crippen LogP contribution in [0.1, 0.15) is 18.2 Å². The minimum atomic E-state index is 0.411. The molecule has 0 bridgehead atoms. The van der Waals surface area contributed by atoms with E-state index in [1.165, 1.54) is 11.3 Å². The molecule has 3 aromatic rings. The molecule has 0 saturated carbocycles. The molecule has 0 aliphatic carbocycles. The molecule has 1 aliphatic heterocycles. The third-order valence-corrected chi connectivity index (χ3v) is 4.79. The first-order chi connectivity index (χ1) is 11.6. The Morgan fingerprint density at radius 1 is 1.04 bits per heavy atom. The lowest BCUT2D eigenvalue weighted by molar-refractivity contribution is 0.540. The third-order valence-electron chi connectivity index (χ3n) is 4.79. The van der Waals surface area contributed by atoms with Crippen molar-refractivity contribution in [3.8, 4) is 0 Å². The second kappa shape index (κ2) is 5.82. The predicted molar refractivity (Wildman–Crippen MR) is 97.9 cm³/mol. The van der Waals surface area contributed by atoms with Crippen molar-refractivity contribution >= 4 is 17.2 Å². The fourth-order valence-corrected chi connectivity index (χ4v) is 3.51. The SMILES string of the molecule is Cc1ccc(N2CCN(c3cc(C)nc4ccnn34)[C@@H](C)C2)cc1. The van der Waals surface area contributed by atoms with Gasteiger partial charge in [-0.05, 0) is 32.9 Å². The average molecular weight is 321 g/mol. The van der Waals surface area contributed by atoms with Gasteiger partial charge in [-0.3, -0.25) is 0 Å². The van der Waals surface area contributed by atoms with E-state index in [1.807, 2.05) is 23.7 Å². The first-order valence-electron chi connectivity index (χ1n) is 8.51. The van der Waals surface area contributed by atoms with Crippen LogP contribution < -0.4 is 9.80 Å². The maximum Gasteiger partial charge on any atom is 0.157 e. The molecule has 1 aromatic carbocycles. The smallest absolute Gasteiger partial charge is 0.157 e. The maximum absolute atomic E-state index is 4.55. The van der Waals surface area contributed by atoms with Gasteiger partial charge in [-0.2, -0.15) is 9.61 Å². The summed E-state index contributed by atoms with van der Waals surface area (Å²) < 4.78 is 1.95. The molecule has 2 aromatic heterocycles. The van der Waals surface area contributed by atoms with Crippen LogP contribution in [0.4, 0.5) is 11.5 Å². The summed E-state index contributed by atoms with van der Waals surface area (Å²) in [6.45, 7) is 9.46. The lowest BCUT2D eigenvalue weighted by atomic mass is 10.1. The van der Waals surface area contributed by atoms with Crippen LogP contribution in [0.2, 0.25) is 0 Å². The summed E-state index contributed by atoms with van der Waals surface area (Å²) in [7, 11) is 0. The van der Waals surface area contributed by atoms with Gasteiger partial charge in [0.2, 0.25) is 0 Å². The normalized spacial score (nSPS) is 18.4. The van der Waals surface area contributed by atoms with Crippen LogP contribution in [0.5, 0.6) is 0 Å². The Morgan fingerprint density at radius 3 is 2.58 bits per heavy atom. The highest BCUT2D eigenvalue weighted by Gasteiger charge is 2.26. The summed E-state index contributed by atoms with van der Waals surface area (Å²) in [6, 6.07) is 13.3. The number of hydrogen-bond acceptors (Lipinski definition) is 4. The highest BCUT2D eigenvalue weighted by atomic mass is 15.4. The van der Waals surface area contributed by atoms with Crippen molar-refractivity contribution in [3.63, 3.8) is 0 Å². The van der Waals surface area contributed by atoms with Gasteiger partial charge in [0, 0.05) is 49.2 Å². The summed E-state index contributed by atoms with van der Waals surface area (Å²) in [5.41, 5.74) is 4.56. The Labute approximate surface area is 142 Å². The lowest BCUT2D eigenvalue weighted by Crippen LogP contribution is -2.52. The van der Waals surface area contributed by atoms with Crippen molar-refractivity contribution in [3.05, 3.63) is 53.9 Å². The fraction of sp³-hybridized carbons (Fsp3) is 0.368. The molecule has 1 aliphatic rings. The minimum Gasteiger partial charge on any atom is -0.368 e. The zero-order valence-electron chi connectivity index (χ0n) is 14.5. The van der Waals surface area contributed by atoms with E-state index >= 15 is 0 Å². The molecule has 5 heteroatoms. The van der Waals surface area contributed by atoms with Gasteiger partial charge in [0.05, 0.1) is 6.20 Å². The third kappa shape index (κ3) is 2.60. The Hall–Kier alpha value is -2.56. The Bertz CT molecular complexity index is 852. The topological polar surface area (TPSA) is 36.7 Å². The van der Waals surface area contributed by atoms with Crippen molar-refractivity contribution in [1.82, 2.24) is 14.6 Å². The second-order valence-electron chi connectivity index (χ2n) is 6.68. The monoisotopic (exact) mass is 321 g/mol. The summed E-state index contributed by atoms with van der Waals surface area (Å²) in [4.78, 5) is 9.46. The highest BCUT2D eigenvalue weighted by molar-refractivity contribution is 5.54. The molecule has 24 heavy (non-hydrogen) atoms. The lowest BCUT2D eigenvalue weighted by Gasteiger charge is -2.42. The molecule has 0 amide bonds. The molecule has 1 saturated heterocycles. The Kier molecular flexibility index (Phi) is 3.63. The van der Waals surface area contributed by atoms with E-state index in [2.05, 4.69) is 64.1 Å². The number of aryl methyl sites for hydroxylation is 2. The molecule has 0 radical (unpaired) electrons. The van der Waals surface area contributed by atoms with E-state index < -0.39 is 0 Å². The molecule has 3 heterocycles. The van der Waals surface area contributed by atoms with Gasteiger partial charge in [-0.1, -0.05) is 17.7 Å². The standard InChI is InChI=1S/C19H23N5/c1-14-4-6-17(7-5-14)22-10-11-23(16(3)13-22)19-12-15(2)21-18-8-9-20-24(18)19/h4-9,12,16H,10-11,13H2,1-3H3/t16-/m0/s1. The number of fused-ring (bicyclic) bond motifs is 1. The van der Waals surface area contributed by atoms with E-state index in [0.29, 0.717) is 6.04 Å². The van der Waals surface area contributed by atoms with Crippen LogP contribution >= 0.6 is 0 Å². The van der Waals surface area contributed by atoms with Gasteiger partial charge < -0.3 is 9.80 Å². The molecule has 1 fully saturated rings. The quantitative estimate of drug-likeness (QED) is 0.727. The van der Waals surface area contributed by atoms with E-state index in [-0.39, 0.29) is 0 Å². The Balaban J connectivity index is 1.60. The van der Waals surface area contributed by atoms with Crippen molar-refractivity contribution in [2.75, 3.05) is 29.4 Å². The van der Waals surface area contributed by atoms with Gasteiger partial charge in [0.1, 0.15) is 5.82 Å². The molecular weight excluding hydrogens is 298 g/mol.